The molecule has 0 saturated carbocycles. The minimum absolute atomic E-state index is 0.00198. The maximum Gasteiger partial charge on any atom is 0.262 e. The van der Waals surface area contributed by atoms with Crippen LogP contribution in [0.5, 0.6) is 5.75 Å². The van der Waals surface area contributed by atoms with Crippen molar-refractivity contribution in [2.24, 2.45) is 0 Å². The zero-order valence-corrected chi connectivity index (χ0v) is 13.9. The van der Waals surface area contributed by atoms with Gasteiger partial charge in [-0.1, -0.05) is 6.07 Å². The topological polar surface area (TPSA) is 107 Å². The van der Waals surface area contributed by atoms with Gasteiger partial charge in [0, 0.05) is 18.7 Å². The molecule has 0 unspecified atom stereocenters. The molecule has 0 radical (unpaired) electrons. The number of likely N-dealkylation sites (N-methyl/N-ethyl adjacent to an activating group) is 1. The van der Waals surface area contributed by atoms with Gasteiger partial charge >= 0.3 is 0 Å². The Morgan fingerprint density at radius 1 is 1.16 bits per heavy atom. The van der Waals surface area contributed by atoms with Crippen LogP contribution < -0.4 is 21.3 Å². The highest BCUT2D eigenvalue weighted by atomic mass is 16.5. The summed E-state index contributed by atoms with van der Waals surface area (Å²) in [5.41, 5.74) is 6.00. The van der Waals surface area contributed by atoms with Crippen molar-refractivity contribution in [3.05, 3.63) is 51.8 Å². The summed E-state index contributed by atoms with van der Waals surface area (Å²) in [6.45, 7) is 1.23. The van der Waals surface area contributed by atoms with Crippen LogP contribution in [0, 0.1) is 0 Å². The van der Waals surface area contributed by atoms with E-state index in [0.29, 0.717) is 18.0 Å². The van der Waals surface area contributed by atoms with Crippen molar-refractivity contribution in [3.63, 3.8) is 0 Å². The highest BCUT2D eigenvalue weighted by Gasteiger charge is 2.31. The number of nitrogen functional groups attached to an aromatic ring is 1. The van der Waals surface area contributed by atoms with Crippen molar-refractivity contribution in [3.8, 4) is 11.4 Å². The van der Waals surface area contributed by atoms with Crippen molar-refractivity contribution < 1.29 is 14.3 Å². The summed E-state index contributed by atoms with van der Waals surface area (Å²) in [7, 11) is 3.88. The Hall–Kier alpha value is -3.13. The van der Waals surface area contributed by atoms with E-state index in [-0.39, 0.29) is 16.9 Å². The second kappa shape index (κ2) is 6.40. The molecule has 1 aromatic heterocycles. The summed E-state index contributed by atoms with van der Waals surface area (Å²) in [5.74, 6) is -0.718. The number of pyridine rings is 1. The van der Waals surface area contributed by atoms with Crippen LogP contribution in [-0.2, 0) is 0 Å². The third-order valence-electron chi connectivity index (χ3n) is 3.84. The second-order valence-electron chi connectivity index (χ2n) is 5.92. The first-order valence-corrected chi connectivity index (χ1v) is 7.67. The molecule has 2 amide bonds. The van der Waals surface area contributed by atoms with E-state index in [1.807, 2.05) is 19.0 Å². The zero-order chi connectivity index (χ0) is 18.1. The molecule has 0 aliphatic carbocycles. The molecule has 0 fully saturated rings. The molecule has 3 rings (SSSR count). The number of carbonyl (C=O) groups excluding carboxylic acids is 2. The number of benzene rings is 1. The van der Waals surface area contributed by atoms with Crippen LogP contribution in [0.1, 0.15) is 20.7 Å². The Balaban J connectivity index is 2.01. The minimum Gasteiger partial charge on any atom is -0.492 e. The number of anilines is 1. The van der Waals surface area contributed by atoms with Crippen molar-refractivity contribution in [1.82, 2.24) is 14.8 Å². The predicted molar refractivity (Wildman–Crippen MR) is 92.3 cm³/mol. The number of nitrogens with two attached hydrogens (primary N) is 1. The Bertz CT molecular complexity index is 917. The Morgan fingerprint density at radius 2 is 1.92 bits per heavy atom. The van der Waals surface area contributed by atoms with Gasteiger partial charge in [-0.15, -0.1) is 0 Å². The van der Waals surface area contributed by atoms with Crippen LogP contribution in [0.2, 0.25) is 0 Å². The van der Waals surface area contributed by atoms with Gasteiger partial charge in [-0.3, -0.25) is 24.3 Å². The van der Waals surface area contributed by atoms with Gasteiger partial charge < -0.3 is 15.4 Å². The molecule has 0 atom stereocenters. The quantitative estimate of drug-likeness (QED) is 0.754. The molecule has 130 valence electrons. The number of carbonyl (C=O) groups is 2. The maximum absolute atomic E-state index is 12.4. The highest BCUT2D eigenvalue weighted by Crippen LogP contribution is 2.24. The first kappa shape index (κ1) is 16.7. The van der Waals surface area contributed by atoms with Gasteiger partial charge in [0.25, 0.3) is 17.4 Å². The highest BCUT2D eigenvalue weighted by molar-refractivity contribution is 6.23. The largest absolute Gasteiger partial charge is 0.492 e. The van der Waals surface area contributed by atoms with Crippen LogP contribution in [0.3, 0.4) is 0 Å². The van der Waals surface area contributed by atoms with E-state index in [1.165, 1.54) is 4.57 Å². The molecule has 25 heavy (non-hydrogen) atoms. The minimum atomic E-state index is -0.614. The lowest BCUT2D eigenvalue weighted by atomic mass is 10.1. The number of imide groups is 1. The molecule has 3 N–H and O–H groups in total. The number of aromatic nitrogens is 1. The number of fused-ring (bicyclic) bond motifs is 1. The fourth-order valence-electron chi connectivity index (χ4n) is 2.60. The normalized spacial score (nSPS) is 13.1. The van der Waals surface area contributed by atoms with E-state index in [1.54, 1.807) is 24.3 Å². The summed E-state index contributed by atoms with van der Waals surface area (Å²) < 4.78 is 6.85. The summed E-state index contributed by atoms with van der Waals surface area (Å²) in [6, 6.07) is 7.95. The van der Waals surface area contributed by atoms with Gasteiger partial charge in [0.15, 0.2) is 0 Å². The Labute approximate surface area is 143 Å². The predicted octanol–water partition coefficient (Wildman–Crippen LogP) is 0.244. The summed E-state index contributed by atoms with van der Waals surface area (Å²) in [5, 5.41) is 2.14. The molecule has 0 spiro atoms. The molecule has 0 bridgehead atoms. The fourth-order valence-corrected chi connectivity index (χ4v) is 2.60. The second-order valence-corrected chi connectivity index (χ2v) is 5.92. The van der Waals surface area contributed by atoms with Crippen LogP contribution in [0.15, 0.2) is 35.1 Å². The van der Waals surface area contributed by atoms with Crippen molar-refractivity contribution in [1.29, 1.82) is 0 Å². The molecule has 8 heteroatoms. The SMILES string of the molecule is CN(C)CCOc1cccc(-n2c(N)c3c(cc2=O)C(=O)NC3=O)c1. The monoisotopic (exact) mass is 342 g/mol. The lowest BCUT2D eigenvalue weighted by molar-refractivity contribution is 0.0880. The van der Waals surface area contributed by atoms with E-state index in [2.05, 4.69) is 5.32 Å². The van der Waals surface area contributed by atoms with Crippen molar-refractivity contribution >= 4 is 17.6 Å². The molecule has 1 aromatic carbocycles. The molecule has 8 nitrogen and oxygen atoms in total. The molecular weight excluding hydrogens is 324 g/mol. The molecule has 1 aliphatic rings. The third kappa shape index (κ3) is 3.11. The van der Waals surface area contributed by atoms with Crippen molar-refractivity contribution in [2.45, 2.75) is 0 Å². The number of amides is 2. The lowest BCUT2D eigenvalue weighted by Crippen LogP contribution is -2.24. The number of hydrogen-bond donors (Lipinski definition) is 2. The third-order valence-corrected chi connectivity index (χ3v) is 3.84. The van der Waals surface area contributed by atoms with Gasteiger partial charge in [-0.25, -0.2) is 0 Å². The molecular formula is C17H18N4O4. The Morgan fingerprint density at radius 3 is 2.64 bits per heavy atom. The molecule has 2 aromatic rings. The van der Waals surface area contributed by atoms with E-state index in [9.17, 15) is 14.4 Å². The lowest BCUT2D eigenvalue weighted by Gasteiger charge is -2.14. The van der Waals surface area contributed by atoms with Gasteiger partial charge in [-0.05, 0) is 26.2 Å². The smallest absolute Gasteiger partial charge is 0.262 e. The summed E-state index contributed by atoms with van der Waals surface area (Å²) in [6.07, 6.45) is 0. The van der Waals surface area contributed by atoms with E-state index in [4.69, 9.17) is 10.5 Å². The van der Waals surface area contributed by atoms with E-state index >= 15 is 0 Å². The standard InChI is InChI=1S/C17H18N4O4/c1-20(2)6-7-25-11-5-3-4-10(8-11)21-13(22)9-12-14(15(21)18)17(24)19-16(12)23/h3-5,8-9H,6-7,18H2,1-2H3,(H,19,23,24). The van der Waals surface area contributed by atoms with Gasteiger partial charge in [0.2, 0.25) is 0 Å². The van der Waals surface area contributed by atoms with Crippen LogP contribution >= 0.6 is 0 Å². The van der Waals surface area contributed by atoms with Gasteiger partial charge in [0.05, 0.1) is 16.8 Å². The summed E-state index contributed by atoms with van der Waals surface area (Å²) >= 11 is 0. The van der Waals surface area contributed by atoms with Crippen molar-refractivity contribution in [2.75, 3.05) is 33.0 Å². The average molecular weight is 342 g/mol. The average Bonchev–Trinajstić information content (AvgIpc) is 2.81. The first-order valence-electron chi connectivity index (χ1n) is 7.67. The van der Waals surface area contributed by atoms with Crippen LogP contribution in [-0.4, -0.2) is 48.5 Å². The maximum atomic E-state index is 12.4. The number of nitrogens with zero attached hydrogens (tertiary/aromatic N) is 2. The number of rotatable bonds is 5. The number of hydrogen-bond acceptors (Lipinski definition) is 6. The molecule has 1 aliphatic heterocycles. The van der Waals surface area contributed by atoms with Crippen LogP contribution in [0.25, 0.3) is 5.69 Å². The first-order chi connectivity index (χ1) is 11.9. The Kier molecular flexibility index (Phi) is 4.28. The molecule has 2 heterocycles. The fraction of sp³-hybridized carbons (Fsp3) is 0.235. The van der Waals surface area contributed by atoms with Gasteiger partial charge in [-0.2, -0.15) is 0 Å². The summed E-state index contributed by atoms with van der Waals surface area (Å²) in [4.78, 5) is 38.0. The molecule has 0 saturated heterocycles. The number of nitrogens with one attached hydrogen (secondary N) is 1. The zero-order valence-electron chi connectivity index (χ0n) is 13.9. The van der Waals surface area contributed by atoms with E-state index < -0.39 is 17.4 Å². The number of ether oxygens (including phenoxy) is 1. The van der Waals surface area contributed by atoms with Gasteiger partial charge in [0.1, 0.15) is 18.2 Å². The van der Waals surface area contributed by atoms with Crippen LogP contribution in [0.4, 0.5) is 5.82 Å². The van der Waals surface area contributed by atoms with E-state index in [0.717, 1.165) is 12.6 Å².